The number of ether oxygens (including phenoxy) is 1. The summed E-state index contributed by atoms with van der Waals surface area (Å²) < 4.78 is 7.71. The number of benzene rings is 1. The molecule has 2 heterocycles. The van der Waals surface area contributed by atoms with Gasteiger partial charge < -0.3 is 9.30 Å². The predicted octanol–water partition coefficient (Wildman–Crippen LogP) is 3.19. The molecular formula is C16H20ClN3O. The fourth-order valence-corrected chi connectivity index (χ4v) is 3.69. The third-order valence-corrected chi connectivity index (χ3v) is 4.95. The normalized spacial score (nSPS) is 23.0. The molecule has 0 amide bonds. The molecule has 1 aromatic carbocycles. The molecule has 4 rings (SSSR count). The summed E-state index contributed by atoms with van der Waals surface area (Å²) in [6.45, 7) is 2.32. The Balaban J connectivity index is 1.74. The first kappa shape index (κ1) is 13.4. The lowest BCUT2D eigenvalue weighted by Crippen LogP contribution is -2.24. The van der Waals surface area contributed by atoms with Crippen LogP contribution in [0.25, 0.3) is 11.0 Å². The van der Waals surface area contributed by atoms with Crippen molar-refractivity contribution in [3.8, 4) is 5.75 Å². The largest absolute Gasteiger partial charge is 0.497 e. The number of likely N-dealkylation sites (tertiary alicyclic amines) is 1. The summed E-state index contributed by atoms with van der Waals surface area (Å²) in [5.41, 5.74) is 2.16. The number of halogens is 1. The van der Waals surface area contributed by atoms with Gasteiger partial charge in [-0.05, 0) is 31.4 Å². The summed E-state index contributed by atoms with van der Waals surface area (Å²) in [7, 11) is 1.70. The van der Waals surface area contributed by atoms with Gasteiger partial charge in [-0.3, -0.25) is 4.90 Å². The summed E-state index contributed by atoms with van der Waals surface area (Å²) in [4.78, 5) is 7.31. The monoisotopic (exact) mass is 305 g/mol. The van der Waals surface area contributed by atoms with E-state index in [1.54, 1.807) is 7.11 Å². The molecule has 1 aromatic heterocycles. The molecule has 4 nitrogen and oxygen atoms in total. The van der Waals surface area contributed by atoms with Gasteiger partial charge >= 0.3 is 0 Å². The molecule has 21 heavy (non-hydrogen) atoms. The van der Waals surface area contributed by atoms with Crippen molar-refractivity contribution >= 4 is 22.6 Å². The van der Waals surface area contributed by atoms with Crippen LogP contribution >= 0.6 is 11.6 Å². The van der Waals surface area contributed by atoms with Crippen LogP contribution in [0.1, 0.15) is 31.1 Å². The van der Waals surface area contributed by atoms with Crippen molar-refractivity contribution in [2.24, 2.45) is 0 Å². The second-order valence-electron chi connectivity index (χ2n) is 6.05. The molecule has 1 atom stereocenters. The van der Waals surface area contributed by atoms with Crippen molar-refractivity contribution in [1.29, 1.82) is 0 Å². The Morgan fingerprint density at radius 1 is 1.29 bits per heavy atom. The second-order valence-corrected chi connectivity index (χ2v) is 6.32. The molecule has 2 aromatic rings. The standard InChI is InChI=1S/C16H20ClN3O/c1-21-13-4-5-14-15(8-13)20(16(9-17)18-14)12-6-7-19(10-12)11-2-3-11/h4-5,8,11-12H,2-3,6-7,9-10H2,1H3. The molecule has 0 bridgehead atoms. The van der Waals surface area contributed by atoms with Gasteiger partial charge in [0.1, 0.15) is 11.6 Å². The number of hydrogen-bond acceptors (Lipinski definition) is 3. The third kappa shape index (κ3) is 2.30. The van der Waals surface area contributed by atoms with Crippen LogP contribution in [0.4, 0.5) is 0 Å². The van der Waals surface area contributed by atoms with E-state index >= 15 is 0 Å². The highest BCUT2D eigenvalue weighted by Gasteiger charge is 2.36. The van der Waals surface area contributed by atoms with Crippen LogP contribution in [-0.2, 0) is 5.88 Å². The van der Waals surface area contributed by atoms with Crippen LogP contribution in [0, 0.1) is 0 Å². The molecule has 0 radical (unpaired) electrons. The number of hydrogen-bond donors (Lipinski definition) is 0. The molecule has 1 saturated carbocycles. The fourth-order valence-electron chi connectivity index (χ4n) is 3.50. The number of fused-ring (bicyclic) bond motifs is 1. The van der Waals surface area contributed by atoms with E-state index in [1.807, 2.05) is 12.1 Å². The van der Waals surface area contributed by atoms with E-state index < -0.39 is 0 Å². The Hall–Kier alpha value is -1.26. The lowest BCUT2D eigenvalue weighted by molar-refractivity contribution is 0.314. The summed E-state index contributed by atoms with van der Waals surface area (Å²) in [5, 5.41) is 0. The Labute approximate surface area is 129 Å². The maximum absolute atomic E-state index is 6.14. The Bertz CT molecular complexity index is 665. The molecule has 112 valence electrons. The van der Waals surface area contributed by atoms with E-state index in [9.17, 15) is 0 Å². The molecule has 2 fully saturated rings. The number of nitrogens with zero attached hydrogens (tertiary/aromatic N) is 3. The average molecular weight is 306 g/mol. The molecule has 5 heteroatoms. The quantitative estimate of drug-likeness (QED) is 0.813. The maximum atomic E-state index is 6.14. The number of aromatic nitrogens is 2. The predicted molar refractivity (Wildman–Crippen MR) is 84.1 cm³/mol. The smallest absolute Gasteiger partial charge is 0.125 e. The van der Waals surface area contributed by atoms with E-state index in [2.05, 4.69) is 15.5 Å². The van der Waals surface area contributed by atoms with Crippen molar-refractivity contribution < 1.29 is 4.74 Å². The van der Waals surface area contributed by atoms with Crippen LogP contribution in [0.2, 0.25) is 0 Å². The average Bonchev–Trinajstić information content (AvgIpc) is 3.14. The topological polar surface area (TPSA) is 30.3 Å². The zero-order valence-electron chi connectivity index (χ0n) is 12.3. The Morgan fingerprint density at radius 2 is 2.14 bits per heavy atom. The first-order chi connectivity index (χ1) is 10.3. The van der Waals surface area contributed by atoms with Gasteiger partial charge in [0.15, 0.2) is 0 Å². The second kappa shape index (κ2) is 5.18. The SMILES string of the molecule is COc1ccc2nc(CCl)n(C3CCN(C4CC4)C3)c2c1. The third-order valence-electron chi connectivity index (χ3n) is 4.71. The van der Waals surface area contributed by atoms with Crippen molar-refractivity contribution in [3.63, 3.8) is 0 Å². The maximum Gasteiger partial charge on any atom is 0.125 e. The van der Waals surface area contributed by atoms with Crippen molar-refractivity contribution in [2.75, 3.05) is 20.2 Å². The molecule has 1 aliphatic heterocycles. The molecule has 1 saturated heterocycles. The Kier molecular flexibility index (Phi) is 3.31. The first-order valence-corrected chi connectivity index (χ1v) is 8.18. The zero-order chi connectivity index (χ0) is 14.4. The van der Waals surface area contributed by atoms with E-state index in [0.717, 1.165) is 35.2 Å². The van der Waals surface area contributed by atoms with Gasteiger partial charge in [0, 0.05) is 31.2 Å². The molecule has 1 aliphatic carbocycles. The Morgan fingerprint density at radius 3 is 2.86 bits per heavy atom. The molecular weight excluding hydrogens is 286 g/mol. The van der Waals surface area contributed by atoms with Crippen molar-refractivity contribution in [2.45, 2.75) is 37.2 Å². The molecule has 1 unspecified atom stereocenters. The minimum Gasteiger partial charge on any atom is -0.497 e. The number of imidazole rings is 1. The van der Waals surface area contributed by atoms with Gasteiger partial charge in [-0.2, -0.15) is 0 Å². The van der Waals surface area contributed by atoms with Gasteiger partial charge in [0.05, 0.1) is 24.0 Å². The van der Waals surface area contributed by atoms with E-state index in [-0.39, 0.29) is 0 Å². The zero-order valence-corrected chi connectivity index (χ0v) is 13.0. The summed E-state index contributed by atoms with van der Waals surface area (Å²) >= 11 is 6.14. The van der Waals surface area contributed by atoms with E-state index in [1.165, 1.54) is 25.8 Å². The number of methoxy groups -OCH3 is 1. The highest BCUT2D eigenvalue weighted by molar-refractivity contribution is 6.16. The number of rotatable bonds is 4. The van der Waals surface area contributed by atoms with Crippen LogP contribution in [0.15, 0.2) is 18.2 Å². The summed E-state index contributed by atoms with van der Waals surface area (Å²) in [6.07, 6.45) is 3.92. The van der Waals surface area contributed by atoms with Crippen molar-refractivity contribution in [1.82, 2.24) is 14.5 Å². The van der Waals surface area contributed by atoms with Crippen LogP contribution < -0.4 is 4.74 Å². The van der Waals surface area contributed by atoms with E-state index in [4.69, 9.17) is 21.3 Å². The molecule has 2 aliphatic rings. The van der Waals surface area contributed by atoms with Crippen LogP contribution in [-0.4, -0.2) is 40.7 Å². The van der Waals surface area contributed by atoms with Gasteiger partial charge in [0.25, 0.3) is 0 Å². The highest BCUT2D eigenvalue weighted by atomic mass is 35.5. The minimum atomic E-state index is 0.455. The van der Waals surface area contributed by atoms with Gasteiger partial charge in [-0.1, -0.05) is 0 Å². The first-order valence-electron chi connectivity index (χ1n) is 7.65. The van der Waals surface area contributed by atoms with Gasteiger partial charge in [-0.15, -0.1) is 11.6 Å². The summed E-state index contributed by atoms with van der Waals surface area (Å²) in [5.74, 6) is 2.31. The highest BCUT2D eigenvalue weighted by Crippen LogP contribution is 2.36. The lowest BCUT2D eigenvalue weighted by Gasteiger charge is -2.18. The molecule has 0 spiro atoms. The van der Waals surface area contributed by atoms with Gasteiger partial charge in [-0.25, -0.2) is 4.98 Å². The fraction of sp³-hybridized carbons (Fsp3) is 0.562. The van der Waals surface area contributed by atoms with Gasteiger partial charge in [0.2, 0.25) is 0 Å². The summed E-state index contributed by atoms with van der Waals surface area (Å²) in [6, 6.07) is 7.38. The number of alkyl halides is 1. The lowest BCUT2D eigenvalue weighted by atomic mass is 10.2. The van der Waals surface area contributed by atoms with E-state index in [0.29, 0.717) is 11.9 Å². The van der Waals surface area contributed by atoms with Crippen LogP contribution in [0.3, 0.4) is 0 Å². The van der Waals surface area contributed by atoms with Crippen molar-refractivity contribution in [3.05, 3.63) is 24.0 Å². The molecule has 0 N–H and O–H groups in total. The minimum absolute atomic E-state index is 0.455. The van der Waals surface area contributed by atoms with Crippen LogP contribution in [0.5, 0.6) is 5.75 Å².